The minimum Gasteiger partial charge on any atom is -0.308 e. The molecule has 15 heavy (non-hydrogen) atoms. The molecule has 0 fully saturated rings. The molecule has 0 saturated heterocycles. The van der Waals surface area contributed by atoms with Crippen LogP contribution in [0.1, 0.15) is 19.7 Å². The Hall–Kier alpha value is -1.20. The first kappa shape index (κ1) is 11.9. The van der Waals surface area contributed by atoms with Crippen LogP contribution in [0.2, 0.25) is 0 Å². The van der Waals surface area contributed by atoms with Gasteiger partial charge < -0.3 is 10.3 Å². The maximum absolute atomic E-state index is 5.28. The molecule has 0 bridgehead atoms. The highest BCUT2D eigenvalue weighted by molar-refractivity contribution is 5.30. The summed E-state index contributed by atoms with van der Waals surface area (Å²) in [4.78, 5) is 10.8. The Morgan fingerprint density at radius 3 is 2.73 bits per heavy atom. The van der Waals surface area contributed by atoms with Crippen molar-refractivity contribution >= 4 is 5.82 Å². The highest BCUT2D eigenvalue weighted by Gasteiger charge is 2.02. The minimum absolute atomic E-state index is 0.666. The quantitative estimate of drug-likeness (QED) is 0.532. The molecule has 84 valence electrons. The van der Waals surface area contributed by atoms with E-state index in [0.29, 0.717) is 5.82 Å². The molecular weight excluding hydrogens is 190 g/mol. The molecule has 0 radical (unpaired) electrons. The van der Waals surface area contributed by atoms with Gasteiger partial charge in [0.2, 0.25) is 0 Å². The van der Waals surface area contributed by atoms with E-state index in [0.717, 1.165) is 31.9 Å². The molecule has 0 aliphatic rings. The fraction of sp³-hybridized carbons (Fsp3) is 0.600. The van der Waals surface area contributed by atoms with Crippen molar-refractivity contribution < 1.29 is 0 Å². The van der Waals surface area contributed by atoms with Gasteiger partial charge in [0.1, 0.15) is 11.6 Å². The summed E-state index contributed by atoms with van der Waals surface area (Å²) in [5.74, 6) is 6.77. The van der Waals surface area contributed by atoms with Crippen molar-refractivity contribution in [2.45, 2.75) is 20.3 Å². The number of nitrogens with one attached hydrogen (secondary N) is 1. The summed E-state index contributed by atoms with van der Waals surface area (Å²) >= 11 is 0. The normalized spacial score (nSPS) is 10.7. The molecule has 0 unspecified atom stereocenters. The second kappa shape index (κ2) is 6.31. The Morgan fingerprint density at radius 2 is 2.13 bits per heavy atom. The van der Waals surface area contributed by atoms with E-state index < -0.39 is 0 Å². The molecule has 0 atom stereocenters. The molecule has 1 aromatic rings. The lowest BCUT2D eigenvalue weighted by Gasteiger charge is -2.16. The van der Waals surface area contributed by atoms with Crippen LogP contribution in [0.25, 0.3) is 0 Å². The summed E-state index contributed by atoms with van der Waals surface area (Å²) in [5.41, 5.74) is 2.52. The number of anilines is 1. The zero-order valence-electron chi connectivity index (χ0n) is 9.40. The first-order valence-electron chi connectivity index (χ1n) is 5.31. The Labute approximate surface area is 90.7 Å². The van der Waals surface area contributed by atoms with Crippen molar-refractivity contribution in [2.75, 3.05) is 25.1 Å². The maximum Gasteiger partial charge on any atom is 0.143 e. The lowest BCUT2D eigenvalue weighted by Crippen LogP contribution is -2.26. The van der Waals surface area contributed by atoms with Crippen LogP contribution >= 0.6 is 0 Å². The topological polar surface area (TPSA) is 67.1 Å². The second-order valence-corrected chi connectivity index (χ2v) is 3.28. The lowest BCUT2D eigenvalue weighted by molar-refractivity contribution is 0.306. The number of hydrogen-bond donors (Lipinski definition) is 2. The molecule has 0 amide bonds. The van der Waals surface area contributed by atoms with Crippen molar-refractivity contribution in [1.82, 2.24) is 14.9 Å². The Morgan fingerprint density at radius 1 is 1.40 bits per heavy atom. The molecule has 0 spiro atoms. The van der Waals surface area contributed by atoms with E-state index in [1.165, 1.54) is 0 Å². The van der Waals surface area contributed by atoms with Crippen LogP contribution in [-0.2, 0) is 6.42 Å². The number of nitrogens with zero attached hydrogens (tertiary/aromatic N) is 3. The van der Waals surface area contributed by atoms with Gasteiger partial charge in [-0.15, -0.1) is 0 Å². The fourth-order valence-electron chi connectivity index (χ4n) is 1.40. The van der Waals surface area contributed by atoms with Crippen molar-refractivity contribution in [3.63, 3.8) is 0 Å². The van der Waals surface area contributed by atoms with E-state index in [1.807, 2.05) is 0 Å². The summed E-state index contributed by atoms with van der Waals surface area (Å²) in [5, 5.41) is 0. The zero-order valence-corrected chi connectivity index (χ0v) is 9.40. The van der Waals surface area contributed by atoms with Gasteiger partial charge in [-0.1, -0.05) is 13.8 Å². The number of likely N-dealkylation sites (N-methyl/N-ethyl adjacent to an activating group) is 1. The Balaban J connectivity index is 2.49. The van der Waals surface area contributed by atoms with Crippen LogP contribution < -0.4 is 11.3 Å². The second-order valence-electron chi connectivity index (χ2n) is 3.28. The molecule has 5 heteroatoms. The summed E-state index contributed by atoms with van der Waals surface area (Å²) in [6.45, 7) is 7.42. The lowest BCUT2D eigenvalue weighted by atomic mass is 10.3. The van der Waals surface area contributed by atoms with E-state index in [9.17, 15) is 0 Å². The molecule has 0 aliphatic carbocycles. The van der Waals surface area contributed by atoms with Gasteiger partial charge in [0.05, 0.1) is 0 Å². The van der Waals surface area contributed by atoms with Crippen LogP contribution in [0.4, 0.5) is 5.82 Å². The van der Waals surface area contributed by atoms with Gasteiger partial charge in [0, 0.05) is 25.2 Å². The SMILES string of the molecule is CCN(CC)CCc1nccc(NN)n1. The van der Waals surface area contributed by atoms with Crippen molar-refractivity contribution in [2.24, 2.45) is 5.84 Å². The largest absolute Gasteiger partial charge is 0.308 e. The maximum atomic E-state index is 5.28. The molecule has 5 nitrogen and oxygen atoms in total. The van der Waals surface area contributed by atoms with Crippen molar-refractivity contribution in [1.29, 1.82) is 0 Å². The predicted octanol–water partition coefficient (Wildman–Crippen LogP) is 0.646. The van der Waals surface area contributed by atoms with E-state index in [4.69, 9.17) is 5.84 Å². The molecule has 1 aromatic heterocycles. The molecule has 0 saturated carbocycles. The van der Waals surface area contributed by atoms with Gasteiger partial charge in [-0.05, 0) is 13.1 Å². The van der Waals surface area contributed by atoms with E-state index in [-0.39, 0.29) is 0 Å². The number of nitrogen functional groups attached to an aromatic ring is 1. The third-order valence-corrected chi connectivity index (χ3v) is 2.40. The van der Waals surface area contributed by atoms with E-state index in [2.05, 4.69) is 34.1 Å². The number of rotatable bonds is 6. The molecular formula is C10H19N5. The standard InChI is InChI=1S/C10H19N5/c1-3-15(4-2)8-6-9-12-7-5-10(13-9)14-11/h5,7H,3-4,6,8,11H2,1-2H3,(H,12,13,14). The minimum atomic E-state index is 0.666. The van der Waals surface area contributed by atoms with Crippen LogP contribution in [0.5, 0.6) is 0 Å². The monoisotopic (exact) mass is 209 g/mol. The van der Waals surface area contributed by atoms with Crippen LogP contribution in [0, 0.1) is 0 Å². The number of hydrazine groups is 1. The van der Waals surface area contributed by atoms with Crippen LogP contribution in [-0.4, -0.2) is 34.5 Å². The Kier molecular flexibility index (Phi) is 5.00. The highest BCUT2D eigenvalue weighted by atomic mass is 15.3. The highest BCUT2D eigenvalue weighted by Crippen LogP contribution is 2.01. The average Bonchev–Trinajstić information content (AvgIpc) is 2.31. The van der Waals surface area contributed by atoms with Crippen molar-refractivity contribution in [3.8, 4) is 0 Å². The third-order valence-electron chi connectivity index (χ3n) is 2.40. The van der Waals surface area contributed by atoms with E-state index >= 15 is 0 Å². The predicted molar refractivity (Wildman–Crippen MR) is 61.3 cm³/mol. The summed E-state index contributed by atoms with van der Waals surface area (Å²) in [6.07, 6.45) is 2.58. The average molecular weight is 209 g/mol. The van der Waals surface area contributed by atoms with Crippen molar-refractivity contribution in [3.05, 3.63) is 18.1 Å². The van der Waals surface area contributed by atoms with Crippen LogP contribution in [0.3, 0.4) is 0 Å². The molecule has 3 N–H and O–H groups in total. The summed E-state index contributed by atoms with van der Waals surface area (Å²) < 4.78 is 0. The fourth-order valence-corrected chi connectivity index (χ4v) is 1.40. The number of hydrogen-bond acceptors (Lipinski definition) is 5. The van der Waals surface area contributed by atoms with Gasteiger partial charge in [-0.25, -0.2) is 15.8 Å². The third kappa shape index (κ3) is 3.81. The Bertz CT molecular complexity index is 285. The molecule has 0 aliphatic heterocycles. The zero-order chi connectivity index (χ0) is 11.1. The first-order valence-corrected chi connectivity index (χ1v) is 5.31. The molecule has 0 aromatic carbocycles. The smallest absolute Gasteiger partial charge is 0.143 e. The summed E-state index contributed by atoms with van der Waals surface area (Å²) in [6, 6.07) is 1.75. The van der Waals surface area contributed by atoms with Gasteiger partial charge in [-0.3, -0.25) is 0 Å². The van der Waals surface area contributed by atoms with Crippen LogP contribution in [0.15, 0.2) is 12.3 Å². The first-order chi connectivity index (χ1) is 7.30. The molecule has 1 rings (SSSR count). The number of aromatic nitrogens is 2. The molecule has 1 heterocycles. The van der Waals surface area contributed by atoms with Gasteiger partial charge in [0.25, 0.3) is 0 Å². The van der Waals surface area contributed by atoms with Gasteiger partial charge >= 0.3 is 0 Å². The van der Waals surface area contributed by atoms with Gasteiger partial charge in [0.15, 0.2) is 0 Å². The van der Waals surface area contributed by atoms with Gasteiger partial charge in [-0.2, -0.15) is 0 Å². The number of nitrogens with two attached hydrogens (primary N) is 1. The van der Waals surface area contributed by atoms with E-state index in [1.54, 1.807) is 12.3 Å². The summed E-state index contributed by atoms with van der Waals surface area (Å²) in [7, 11) is 0.